The topological polar surface area (TPSA) is 49.7 Å². The zero-order valence-corrected chi connectivity index (χ0v) is 25.7. The van der Waals surface area contributed by atoms with Crippen LogP contribution in [0.15, 0.2) is 0 Å². The summed E-state index contributed by atoms with van der Waals surface area (Å²) in [6.07, 6.45) is 36.4. The minimum Gasteiger partial charge on any atom is -0.388 e. The molecule has 0 aliphatic carbocycles. The number of hydrogen-bond acceptors (Lipinski definition) is 3. The maximum Gasteiger partial charge on any atom is 0.180 e. The molecule has 224 valence electrons. The van der Waals surface area contributed by atoms with Crippen LogP contribution in [0.5, 0.6) is 0 Å². The van der Waals surface area contributed by atoms with Crippen molar-refractivity contribution in [1.82, 2.24) is 0 Å². The molecule has 0 aliphatic rings. The lowest BCUT2D eigenvalue weighted by molar-refractivity contribution is -0.163. The summed E-state index contributed by atoms with van der Waals surface area (Å²) in [5, 5.41) is 20.2. The predicted octanol–water partition coefficient (Wildman–Crippen LogP) is 11.0. The van der Waals surface area contributed by atoms with Crippen molar-refractivity contribution in [2.24, 2.45) is 0 Å². The van der Waals surface area contributed by atoms with Crippen LogP contribution in [0.25, 0.3) is 0 Å². The molecule has 2 unspecified atom stereocenters. The van der Waals surface area contributed by atoms with Crippen molar-refractivity contribution in [1.29, 1.82) is 0 Å². The summed E-state index contributed by atoms with van der Waals surface area (Å²) in [6, 6.07) is 0. The van der Waals surface area contributed by atoms with Gasteiger partial charge in [0.25, 0.3) is 0 Å². The van der Waals surface area contributed by atoms with Crippen molar-refractivity contribution < 1.29 is 14.9 Å². The minimum absolute atomic E-state index is 0.564. The Balaban J connectivity index is 3.27. The number of unbranched alkanes of at least 4 members (excludes halogenated alkanes) is 26. The highest BCUT2D eigenvalue weighted by molar-refractivity contribution is 4.60. The summed E-state index contributed by atoms with van der Waals surface area (Å²) in [7, 11) is 0. The quantitative estimate of drug-likeness (QED) is 0.0676. The molecule has 0 saturated carbocycles. The van der Waals surface area contributed by atoms with Crippen molar-refractivity contribution in [2.75, 3.05) is 6.61 Å². The highest BCUT2D eigenvalue weighted by Crippen LogP contribution is 2.16. The van der Waals surface area contributed by atoms with Gasteiger partial charge in [0.2, 0.25) is 0 Å². The zero-order chi connectivity index (χ0) is 27.1. The molecule has 0 rings (SSSR count). The van der Waals surface area contributed by atoms with E-state index in [2.05, 4.69) is 13.8 Å². The number of aliphatic hydroxyl groups excluding tert-OH is 2. The van der Waals surface area contributed by atoms with Crippen LogP contribution in [-0.2, 0) is 4.74 Å². The summed E-state index contributed by atoms with van der Waals surface area (Å²) < 4.78 is 5.49. The fourth-order valence-electron chi connectivity index (χ4n) is 5.30. The maximum absolute atomic E-state index is 10.1. The van der Waals surface area contributed by atoms with E-state index in [1.54, 1.807) is 0 Å². The van der Waals surface area contributed by atoms with Gasteiger partial charge in [-0.2, -0.15) is 0 Å². The fourth-order valence-corrected chi connectivity index (χ4v) is 5.30. The van der Waals surface area contributed by atoms with Crippen molar-refractivity contribution >= 4 is 0 Å². The smallest absolute Gasteiger partial charge is 0.180 e. The van der Waals surface area contributed by atoms with Crippen LogP contribution in [0, 0.1) is 0 Å². The summed E-state index contributed by atoms with van der Waals surface area (Å²) in [5.74, 6) is 0. The van der Waals surface area contributed by atoms with Crippen molar-refractivity contribution in [3.63, 3.8) is 0 Å². The normalized spacial score (nSPS) is 13.3. The summed E-state index contributed by atoms with van der Waals surface area (Å²) in [6.45, 7) is 5.13. The van der Waals surface area contributed by atoms with Crippen molar-refractivity contribution in [2.45, 2.75) is 212 Å². The number of aliphatic hydroxyl groups is 2. The Bertz CT molecular complexity index is 401. The average molecular weight is 527 g/mol. The second-order valence-corrected chi connectivity index (χ2v) is 11.8. The number of hydrogen-bond donors (Lipinski definition) is 2. The Morgan fingerprint density at radius 3 is 0.973 bits per heavy atom. The van der Waals surface area contributed by atoms with E-state index in [0.29, 0.717) is 13.0 Å². The molecule has 3 heteroatoms. The Morgan fingerprint density at radius 1 is 0.378 bits per heavy atom. The van der Waals surface area contributed by atoms with Crippen molar-refractivity contribution in [3.05, 3.63) is 0 Å². The Labute approximate surface area is 233 Å². The molecule has 0 saturated heterocycles. The standard InChI is InChI=1S/C34H70O3/c1-3-5-7-9-11-13-15-17-19-21-23-25-27-29-31-33(35)34(36)37-32-30-28-26-24-22-20-18-16-14-12-10-8-6-4-2/h33-36H,3-32H2,1-2H3. The molecule has 0 aromatic heterocycles. The number of ether oxygens (including phenoxy) is 1. The molecule has 0 bridgehead atoms. The van der Waals surface area contributed by atoms with Crippen LogP contribution in [0.4, 0.5) is 0 Å². The zero-order valence-electron chi connectivity index (χ0n) is 25.7. The molecule has 0 fully saturated rings. The monoisotopic (exact) mass is 527 g/mol. The van der Waals surface area contributed by atoms with E-state index in [0.717, 1.165) is 19.3 Å². The molecule has 0 aromatic rings. The lowest BCUT2D eigenvalue weighted by Gasteiger charge is -2.18. The van der Waals surface area contributed by atoms with Gasteiger partial charge in [-0.25, -0.2) is 0 Å². The Kier molecular flexibility index (Phi) is 32.0. The summed E-state index contributed by atoms with van der Waals surface area (Å²) in [5.41, 5.74) is 0. The van der Waals surface area contributed by atoms with E-state index in [1.165, 1.54) is 161 Å². The van der Waals surface area contributed by atoms with Gasteiger partial charge in [-0.05, 0) is 12.8 Å². The fraction of sp³-hybridized carbons (Fsp3) is 1.00. The van der Waals surface area contributed by atoms with Gasteiger partial charge in [0, 0.05) is 6.61 Å². The molecular formula is C34H70O3. The minimum atomic E-state index is -1.01. The van der Waals surface area contributed by atoms with Gasteiger partial charge < -0.3 is 14.9 Å². The molecule has 2 N–H and O–H groups in total. The highest BCUT2D eigenvalue weighted by atomic mass is 16.6. The van der Waals surface area contributed by atoms with Crippen molar-refractivity contribution in [3.8, 4) is 0 Å². The van der Waals surface area contributed by atoms with E-state index in [4.69, 9.17) is 4.74 Å². The molecule has 37 heavy (non-hydrogen) atoms. The molecular weight excluding hydrogens is 456 g/mol. The van der Waals surface area contributed by atoms with E-state index in [9.17, 15) is 10.2 Å². The van der Waals surface area contributed by atoms with Crippen LogP contribution >= 0.6 is 0 Å². The van der Waals surface area contributed by atoms with E-state index in [-0.39, 0.29) is 0 Å². The van der Waals surface area contributed by atoms with Crippen LogP contribution < -0.4 is 0 Å². The Morgan fingerprint density at radius 2 is 0.649 bits per heavy atom. The first-order chi connectivity index (χ1) is 18.2. The van der Waals surface area contributed by atoms with E-state index in [1.807, 2.05) is 0 Å². The first kappa shape index (κ1) is 36.9. The predicted molar refractivity (Wildman–Crippen MR) is 163 cm³/mol. The number of rotatable bonds is 32. The SMILES string of the molecule is CCCCCCCCCCCCCCCCOC(O)C(O)CCCCCCCCCCCCCCCC. The molecule has 3 nitrogen and oxygen atoms in total. The van der Waals surface area contributed by atoms with Crippen LogP contribution in [0.2, 0.25) is 0 Å². The van der Waals surface area contributed by atoms with Gasteiger partial charge in [0.05, 0.1) is 0 Å². The van der Waals surface area contributed by atoms with Gasteiger partial charge in [-0.3, -0.25) is 0 Å². The van der Waals surface area contributed by atoms with Crippen LogP contribution in [0.1, 0.15) is 200 Å². The molecule has 0 aromatic carbocycles. The van der Waals surface area contributed by atoms with Gasteiger partial charge >= 0.3 is 0 Å². The van der Waals surface area contributed by atoms with Crippen LogP contribution in [0.3, 0.4) is 0 Å². The second kappa shape index (κ2) is 32.1. The van der Waals surface area contributed by atoms with Gasteiger partial charge in [-0.1, -0.05) is 187 Å². The second-order valence-electron chi connectivity index (χ2n) is 11.8. The van der Waals surface area contributed by atoms with E-state index >= 15 is 0 Å². The third-order valence-corrected chi connectivity index (χ3v) is 7.97. The van der Waals surface area contributed by atoms with Gasteiger partial charge in [-0.15, -0.1) is 0 Å². The molecule has 0 radical (unpaired) electrons. The summed E-state index contributed by atoms with van der Waals surface area (Å²) >= 11 is 0. The van der Waals surface area contributed by atoms with Crippen LogP contribution in [-0.4, -0.2) is 29.2 Å². The maximum atomic E-state index is 10.1. The van der Waals surface area contributed by atoms with E-state index < -0.39 is 12.4 Å². The Hall–Kier alpha value is -0.120. The lowest BCUT2D eigenvalue weighted by Crippen LogP contribution is -2.29. The average Bonchev–Trinajstić information content (AvgIpc) is 2.90. The molecule has 0 heterocycles. The molecule has 0 amide bonds. The molecule has 0 spiro atoms. The molecule has 2 atom stereocenters. The first-order valence-corrected chi connectivity index (χ1v) is 17.2. The third kappa shape index (κ3) is 30.3. The van der Waals surface area contributed by atoms with Gasteiger partial charge in [0.1, 0.15) is 6.10 Å². The third-order valence-electron chi connectivity index (χ3n) is 7.97. The first-order valence-electron chi connectivity index (χ1n) is 17.2. The summed E-state index contributed by atoms with van der Waals surface area (Å²) in [4.78, 5) is 0. The lowest BCUT2D eigenvalue weighted by atomic mass is 10.0. The highest BCUT2D eigenvalue weighted by Gasteiger charge is 2.15. The largest absolute Gasteiger partial charge is 0.388 e. The van der Waals surface area contributed by atoms with Gasteiger partial charge in [0.15, 0.2) is 6.29 Å². The molecule has 0 aliphatic heterocycles.